The molecule has 0 fully saturated rings. The summed E-state index contributed by atoms with van der Waals surface area (Å²) in [5.74, 6) is 0. The van der Waals surface area contributed by atoms with Gasteiger partial charge in [-0.1, -0.05) is 80.1 Å². The highest BCUT2D eigenvalue weighted by Gasteiger charge is 2.36. The summed E-state index contributed by atoms with van der Waals surface area (Å²) in [6, 6.07) is 0. The standard InChI is InChI=1S/C30H66P2/c1-7-13-23-31(24-14-8-2,25-15-9-3)29-21-19-20-22-30-32(26-16-10-4,27-17-11-5)28-18-12-6/h7-30H2,1-6H3/q+2. The van der Waals surface area contributed by atoms with Gasteiger partial charge in [-0.3, -0.25) is 0 Å². The molecule has 0 saturated carbocycles. The zero-order chi connectivity index (χ0) is 24.0. The first-order chi connectivity index (χ1) is 15.6. The molecule has 0 radical (unpaired) electrons. The van der Waals surface area contributed by atoms with Gasteiger partial charge in [-0.25, -0.2) is 0 Å². The van der Waals surface area contributed by atoms with Gasteiger partial charge < -0.3 is 0 Å². The molecule has 0 saturated heterocycles. The van der Waals surface area contributed by atoms with Crippen LogP contribution >= 0.6 is 14.5 Å². The molecule has 0 aliphatic carbocycles. The normalized spacial score (nSPS) is 12.6. The Bertz CT molecular complexity index is 299. The highest BCUT2D eigenvalue weighted by atomic mass is 31.2. The van der Waals surface area contributed by atoms with Gasteiger partial charge in [0.05, 0.1) is 49.3 Å². The first-order valence-electron chi connectivity index (χ1n) is 15.3. The quantitative estimate of drug-likeness (QED) is 0.0885. The minimum atomic E-state index is -0.664. The molecule has 0 heterocycles. The van der Waals surface area contributed by atoms with Gasteiger partial charge in [0.1, 0.15) is 0 Å². The largest absolute Gasteiger partial charge is 0.0652 e. The molecule has 2 heteroatoms. The van der Waals surface area contributed by atoms with Gasteiger partial charge in [-0.15, -0.1) is 0 Å². The van der Waals surface area contributed by atoms with Crippen molar-refractivity contribution in [2.24, 2.45) is 0 Å². The fourth-order valence-corrected chi connectivity index (χ4v) is 15.9. The van der Waals surface area contributed by atoms with Crippen LogP contribution in [0.5, 0.6) is 0 Å². The maximum atomic E-state index is 2.40. The van der Waals surface area contributed by atoms with Crippen LogP contribution in [0.2, 0.25) is 0 Å². The summed E-state index contributed by atoms with van der Waals surface area (Å²) >= 11 is 0. The Morgan fingerprint density at radius 3 is 0.625 bits per heavy atom. The number of unbranched alkanes of at least 4 members (excludes halogenated alkanes) is 9. The fraction of sp³-hybridized carbons (Fsp3) is 1.00. The Kier molecular flexibility index (Phi) is 22.9. The maximum absolute atomic E-state index is 2.40. The number of hydrogen-bond donors (Lipinski definition) is 0. The molecule has 0 bridgehead atoms. The van der Waals surface area contributed by atoms with Crippen LogP contribution in [0, 0.1) is 0 Å². The van der Waals surface area contributed by atoms with Crippen LogP contribution in [0.4, 0.5) is 0 Å². The monoisotopic (exact) mass is 488 g/mol. The summed E-state index contributed by atoms with van der Waals surface area (Å²) in [4.78, 5) is 0. The van der Waals surface area contributed by atoms with Crippen molar-refractivity contribution >= 4 is 14.5 Å². The average Bonchev–Trinajstić information content (AvgIpc) is 2.82. The minimum absolute atomic E-state index is 0.664. The molecule has 0 N–H and O–H groups in total. The zero-order valence-corrected chi connectivity index (χ0v) is 25.7. The third-order valence-electron chi connectivity index (χ3n) is 7.93. The third-order valence-corrected chi connectivity index (χ3v) is 18.1. The van der Waals surface area contributed by atoms with E-state index in [1.807, 2.05) is 0 Å². The van der Waals surface area contributed by atoms with Gasteiger partial charge in [-0.2, -0.15) is 0 Å². The summed E-state index contributed by atoms with van der Waals surface area (Å²) in [5, 5.41) is 0. The Balaban J connectivity index is 4.72. The molecule has 0 aromatic rings. The van der Waals surface area contributed by atoms with E-state index in [1.54, 1.807) is 62.1 Å². The van der Waals surface area contributed by atoms with Crippen molar-refractivity contribution in [1.82, 2.24) is 0 Å². The molecule has 0 rings (SSSR count). The lowest BCUT2D eigenvalue weighted by atomic mass is 10.2. The van der Waals surface area contributed by atoms with Gasteiger partial charge >= 0.3 is 0 Å². The predicted molar refractivity (Wildman–Crippen MR) is 161 cm³/mol. The van der Waals surface area contributed by atoms with E-state index in [0.29, 0.717) is 0 Å². The molecule has 0 unspecified atom stereocenters. The molecule has 0 atom stereocenters. The van der Waals surface area contributed by atoms with E-state index in [4.69, 9.17) is 0 Å². The van der Waals surface area contributed by atoms with E-state index >= 15 is 0 Å². The van der Waals surface area contributed by atoms with Crippen LogP contribution in [-0.4, -0.2) is 49.3 Å². The van der Waals surface area contributed by atoms with Crippen molar-refractivity contribution in [3.63, 3.8) is 0 Å². The summed E-state index contributed by atoms with van der Waals surface area (Å²) in [7, 11) is -1.33. The van der Waals surface area contributed by atoms with Crippen molar-refractivity contribution in [3.05, 3.63) is 0 Å². The molecule has 0 aromatic heterocycles. The van der Waals surface area contributed by atoms with Gasteiger partial charge in [0.15, 0.2) is 0 Å². The Hall–Kier alpha value is 0.860. The Morgan fingerprint density at radius 1 is 0.250 bits per heavy atom. The molecule has 0 amide bonds. The summed E-state index contributed by atoms with van der Waals surface area (Å²) < 4.78 is 0. The topological polar surface area (TPSA) is 0 Å². The third kappa shape index (κ3) is 15.7. The molecule has 0 nitrogen and oxygen atoms in total. The molecule has 0 aliphatic rings. The first-order valence-corrected chi connectivity index (χ1v) is 20.3. The van der Waals surface area contributed by atoms with E-state index in [2.05, 4.69) is 41.5 Å². The van der Waals surface area contributed by atoms with Crippen LogP contribution in [0.25, 0.3) is 0 Å². The zero-order valence-electron chi connectivity index (χ0n) is 23.9. The lowest BCUT2D eigenvalue weighted by Gasteiger charge is -2.29. The van der Waals surface area contributed by atoms with E-state index in [0.717, 1.165) is 0 Å². The summed E-state index contributed by atoms with van der Waals surface area (Å²) in [6.45, 7) is 14.4. The van der Waals surface area contributed by atoms with E-state index < -0.39 is 14.5 Å². The molecule has 0 aliphatic heterocycles. The van der Waals surface area contributed by atoms with Crippen molar-refractivity contribution in [2.45, 2.75) is 144 Å². The lowest BCUT2D eigenvalue weighted by Crippen LogP contribution is -2.14. The van der Waals surface area contributed by atoms with Crippen LogP contribution in [0.3, 0.4) is 0 Å². The van der Waals surface area contributed by atoms with E-state index in [-0.39, 0.29) is 0 Å². The van der Waals surface area contributed by atoms with Crippen molar-refractivity contribution < 1.29 is 0 Å². The second-order valence-electron chi connectivity index (χ2n) is 11.0. The van der Waals surface area contributed by atoms with E-state index in [9.17, 15) is 0 Å². The molecule has 194 valence electrons. The van der Waals surface area contributed by atoms with Crippen molar-refractivity contribution in [3.8, 4) is 0 Å². The second-order valence-corrected chi connectivity index (χ2v) is 20.0. The summed E-state index contributed by atoms with van der Waals surface area (Å²) in [5.41, 5.74) is 0. The summed E-state index contributed by atoms with van der Waals surface area (Å²) in [6.07, 6.45) is 36.5. The van der Waals surface area contributed by atoms with E-state index in [1.165, 1.54) is 89.9 Å². The van der Waals surface area contributed by atoms with Crippen LogP contribution in [0.15, 0.2) is 0 Å². The maximum Gasteiger partial charge on any atom is 0.0594 e. The Labute approximate surface area is 207 Å². The van der Waals surface area contributed by atoms with Crippen LogP contribution in [-0.2, 0) is 0 Å². The van der Waals surface area contributed by atoms with Crippen molar-refractivity contribution in [1.29, 1.82) is 0 Å². The van der Waals surface area contributed by atoms with Gasteiger partial charge in [0, 0.05) is 14.5 Å². The molecular formula is C30H66P2+2. The first kappa shape index (κ1) is 32.9. The highest BCUT2D eigenvalue weighted by molar-refractivity contribution is 7.76. The lowest BCUT2D eigenvalue weighted by molar-refractivity contribution is 0.697. The fourth-order valence-electron chi connectivity index (χ4n) is 5.55. The van der Waals surface area contributed by atoms with Gasteiger partial charge in [0.2, 0.25) is 0 Å². The van der Waals surface area contributed by atoms with Crippen LogP contribution in [0.1, 0.15) is 144 Å². The molecule has 0 aromatic carbocycles. The van der Waals surface area contributed by atoms with Crippen LogP contribution < -0.4 is 0 Å². The average molecular weight is 489 g/mol. The predicted octanol–water partition coefficient (Wildman–Crippen LogP) is 11.4. The molecule has 0 spiro atoms. The number of hydrogen-bond acceptors (Lipinski definition) is 0. The SMILES string of the molecule is CCCC[P+](CCCC)(CCCC)CCCCCC[P+](CCCC)(CCCC)CCCC. The molecule has 32 heavy (non-hydrogen) atoms. The van der Waals surface area contributed by atoms with Gasteiger partial charge in [-0.05, 0) is 64.2 Å². The molecular weight excluding hydrogens is 422 g/mol. The Morgan fingerprint density at radius 2 is 0.438 bits per heavy atom. The van der Waals surface area contributed by atoms with Crippen molar-refractivity contribution in [2.75, 3.05) is 49.3 Å². The second kappa shape index (κ2) is 22.3. The van der Waals surface area contributed by atoms with Gasteiger partial charge in [0.25, 0.3) is 0 Å². The number of rotatable bonds is 25. The minimum Gasteiger partial charge on any atom is -0.0652 e. The highest BCUT2D eigenvalue weighted by Crippen LogP contribution is 2.62. The smallest absolute Gasteiger partial charge is 0.0594 e.